The van der Waals surface area contributed by atoms with Crippen LogP contribution in [0.5, 0.6) is 0 Å². The summed E-state index contributed by atoms with van der Waals surface area (Å²) < 4.78 is 6.59. The molecule has 0 aliphatic carbocycles. The molecule has 0 bridgehead atoms. The Morgan fingerprint density at radius 3 is 2.65 bits per heavy atom. The van der Waals surface area contributed by atoms with E-state index in [-0.39, 0.29) is 5.41 Å². The fourth-order valence-corrected chi connectivity index (χ4v) is 2.81. The number of nitrogens with one attached hydrogen (secondary N) is 1. The molecule has 1 fully saturated rings. The second kappa shape index (κ2) is 5.66. The number of halogens is 1. The molecule has 2 heterocycles. The predicted molar refractivity (Wildman–Crippen MR) is 80.7 cm³/mol. The molecule has 0 amide bonds. The highest BCUT2D eigenvalue weighted by atomic mass is 79.9. The molecule has 106 valence electrons. The van der Waals surface area contributed by atoms with Crippen LogP contribution in [-0.4, -0.2) is 23.2 Å². The van der Waals surface area contributed by atoms with E-state index in [9.17, 15) is 0 Å². The zero-order valence-electron chi connectivity index (χ0n) is 11.5. The molecule has 3 rings (SSSR count). The lowest BCUT2D eigenvalue weighted by atomic mass is 9.81. The van der Waals surface area contributed by atoms with E-state index >= 15 is 0 Å². The molecule has 4 nitrogen and oxygen atoms in total. The van der Waals surface area contributed by atoms with Crippen molar-refractivity contribution in [3.05, 3.63) is 46.0 Å². The first-order valence-electron chi connectivity index (χ1n) is 6.94. The van der Waals surface area contributed by atoms with E-state index in [1.165, 1.54) is 5.56 Å². The third kappa shape index (κ3) is 2.94. The third-order valence-corrected chi connectivity index (χ3v) is 4.50. The molecule has 2 aromatic rings. The lowest BCUT2D eigenvalue weighted by Gasteiger charge is -2.30. The van der Waals surface area contributed by atoms with Crippen molar-refractivity contribution in [2.45, 2.75) is 31.6 Å². The van der Waals surface area contributed by atoms with Crippen molar-refractivity contribution >= 4 is 15.9 Å². The van der Waals surface area contributed by atoms with Gasteiger partial charge in [0.1, 0.15) is 0 Å². The van der Waals surface area contributed by atoms with Crippen LogP contribution in [0.15, 0.2) is 33.3 Å². The minimum Gasteiger partial charge on any atom is -0.339 e. The fraction of sp³-hybridized carbons (Fsp3) is 0.467. The first kappa shape index (κ1) is 13.8. The van der Waals surface area contributed by atoms with Gasteiger partial charge in [-0.25, -0.2) is 0 Å². The van der Waals surface area contributed by atoms with Crippen LogP contribution in [0, 0.1) is 0 Å². The standard InChI is InChI=1S/C15H18BrN3O/c1-15(6-8-17-9-7-15)14-18-13(19-20-14)10-11-2-4-12(16)5-3-11/h2-5,17H,6-10H2,1H3. The first-order valence-corrected chi connectivity index (χ1v) is 7.73. The predicted octanol–water partition coefficient (Wildman–Crippen LogP) is 3.06. The van der Waals surface area contributed by atoms with Crippen LogP contribution in [-0.2, 0) is 11.8 Å². The minimum atomic E-state index is 0.0240. The average molecular weight is 336 g/mol. The molecule has 0 radical (unpaired) electrons. The monoisotopic (exact) mass is 335 g/mol. The van der Waals surface area contributed by atoms with Gasteiger partial charge in [-0.15, -0.1) is 0 Å². The van der Waals surface area contributed by atoms with Gasteiger partial charge in [0.25, 0.3) is 0 Å². The molecule has 1 saturated heterocycles. The quantitative estimate of drug-likeness (QED) is 0.936. The second-order valence-electron chi connectivity index (χ2n) is 5.63. The van der Waals surface area contributed by atoms with E-state index in [2.05, 4.69) is 50.4 Å². The van der Waals surface area contributed by atoms with Crippen LogP contribution in [0.3, 0.4) is 0 Å². The van der Waals surface area contributed by atoms with Gasteiger partial charge in [0, 0.05) is 16.3 Å². The van der Waals surface area contributed by atoms with E-state index in [4.69, 9.17) is 4.52 Å². The molecule has 1 aliphatic heterocycles. The van der Waals surface area contributed by atoms with Crippen molar-refractivity contribution in [3.63, 3.8) is 0 Å². The highest BCUT2D eigenvalue weighted by molar-refractivity contribution is 9.10. The summed E-state index contributed by atoms with van der Waals surface area (Å²) in [6.07, 6.45) is 2.81. The van der Waals surface area contributed by atoms with Crippen LogP contribution in [0.4, 0.5) is 0 Å². The maximum Gasteiger partial charge on any atom is 0.232 e. The van der Waals surface area contributed by atoms with E-state index < -0.39 is 0 Å². The van der Waals surface area contributed by atoms with Crippen LogP contribution < -0.4 is 5.32 Å². The molecule has 0 atom stereocenters. The van der Waals surface area contributed by atoms with Gasteiger partial charge in [-0.3, -0.25) is 0 Å². The molecule has 5 heteroatoms. The fourth-order valence-electron chi connectivity index (χ4n) is 2.55. The highest BCUT2D eigenvalue weighted by Crippen LogP contribution is 2.31. The Hall–Kier alpha value is -1.20. The Morgan fingerprint density at radius 1 is 1.25 bits per heavy atom. The van der Waals surface area contributed by atoms with Gasteiger partial charge < -0.3 is 9.84 Å². The maximum absolute atomic E-state index is 5.50. The van der Waals surface area contributed by atoms with E-state index in [1.807, 2.05) is 12.1 Å². The number of nitrogens with zero attached hydrogens (tertiary/aromatic N) is 2. The molecule has 0 unspecified atom stereocenters. The topological polar surface area (TPSA) is 51.0 Å². The minimum absolute atomic E-state index is 0.0240. The Bertz CT molecular complexity index is 573. The third-order valence-electron chi connectivity index (χ3n) is 3.97. The summed E-state index contributed by atoms with van der Waals surface area (Å²) in [5.41, 5.74) is 1.21. The zero-order valence-corrected chi connectivity index (χ0v) is 13.1. The van der Waals surface area contributed by atoms with Crippen molar-refractivity contribution in [3.8, 4) is 0 Å². The summed E-state index contributed by atoms with van der Waals surface area (Å²) in [4.78, 5) is 4.61. The first-order chi connectivity index (χ1) is 9.66. The molecule has 0 spiro atoms. The molecule has 1 aromatic carbocycles. The van der Waals surface area contributed by atoms with Gasteiger partial charge in [0.15, 0.2) is 5.82 Å². The summed E-state index contributed by atoms with van der Waals surface area (Å²) in [7, 11) is 0. The number of rotatable bonds is 3. The molecule has 0 saturated carbocycles. The van der Waals surface area contributed by atoms with Crippen molar-refractivity contribution < 1.29 is 4.52 Å². The summed E-state index contributed by atoms with van der Waals surface area (Å²) >= 11 is 3.44. The SMILES string of the molecule is CC1(c2nc(Cc3ccc(Br)cc3)no2)CCNCC1. The number of hydrogen-bond donors (Lipinski definition) is 1. The van der Waals surface area contributed by atoms with Gasteiger partial charge in [0.05, 0.1) is 0 Å². The van der Waals surface area contributed by atoms with Crippen molar-refractivity contribution in [1.82, 2.24) is 15.5 Å². The van der Waals surface area contributed by atoms with E-state index in [0.29, 0.717) is 6.42 Å². The number of piperidine rings is 1. The second-order valence-corrected chi connectivity index (χ2v) is 6.55. The van der Waals surface area contributed by atoms with Crippen LogP contribution in [0.2, 0.25) is 0 Å². The molecule has 1 aromatic heterocycles. The largest absolute Gasteiger partial charge is 0.339 e. The average Bonchev–Trinajstić information content (AvgIpc) is 2.92. The summed E-state index contributed by atoms with van der Waals surface area (Å²) in [5, 5.41) is 7.50. The summed E-state index contributed by atoms with van der Waals surface area (Å²) in [6, 6.07) is 8.22. The lowest BCUT2D eigenvalue weighted by molar-refractivity contribution is 0.240. The smallest absolute Gasteiger partial charge is 0.232 e. The Balaban J connectivity index is 1.74. The van der Waals surface area contributed by atoms with Crippen LogP contribution in [0.25, 0.3) is 0 Å². The number of aromatic nitrogens is 2. The van der Waals surface area contributed by atoms with Gasteiger partial charge in [-0.2, -0.15) is 4.98 Å². The maximum atomic E-state index is 5.50. The Kier molecular flexibility index (Phi) is 3.89. The lowest BCUT2D eigenvalue weighted by Crippen LogP contribution is -2.37. The zero-order chi connectivity index (χ0) is 14.0. The van der Waals surface area contributed by atoms with Gasteiger partial charge in [-0.05, 0) is 43.6 Å². The Labute approximate surface area is 127 Å². The van der Waals surface area contributed by atoms with Gasteiger partial charge >= 0.3 is 0 Å². The molecule has 20 heavy (non-hydrogen) atoms. The molecule has 1 aliphatic rings. The Morgan fingerprint density at radius 2 is 1.95 bits per heavy atom. The van der Waals surface area contributed by atoms with Crippen molar-refractivity contribution in [1.29, 1.82) is 0 Å². The van der Waals surface area contributed by atoms with E-state index in [1.54, 1.807) is 0 Å². The van der Waals surface area contributed by atoms with Crippen molar-refractivity contribution in [2.75, 3.05) is 13.1 Å². The molecular formula is C15H18BrN3O. The number of benzene rings is 1. The highest BCUT2D eigenvalue weighted by Gasteiger charge is 2.34. The van der Waals surface area contributed by atoms with Crippen molar-refractivity contribution in [2.24, 2.45) is 0 Å². The number of hydrogen-bond acceptors (Lipinski definition) is 4. The van der Waals surface area contributed by atoms with E-state index in [0.717, 1.165) is 42.1 Å². The van der Waals surface area contributed by atoms with Crippen LogP contribution in [0.1, 0.15) is 37.0 Å². The molecular weight excluding hydrogens is 318 g/mol. The van der Waals surface area contributed by atoms with Gasteiger partial charge in [-0.1, -0.05) is 40.1 Å². The molecule has 1 N–H and O–H groups in total. The normalized spacial score (nSPS) is 18.1. The van der Waals surface area contributed by atoms with Crippen LogP contribution >= 0.6 is 15.9 Å². The van der Waals surface area contributed by atoms with Gasteiger partial charge in [0.2, 0.25) is 5.89 Å². The summed E-state index contributed by atoms with van der Waals surface area (Å²) in [6.45, 7) is 4.24. The summed E-state index contributed by atoms with van der Waals surface area (Å²) in [5.74, 6) is 1.55.